The number of rotatable bonds is 10. The minimum atomic E-state index is 0.601. The Kier molecular flexibility index (Phi) is 8.09. The second kappa shape index (κ2) is 9.34. The van der Waals surface area contributed by atoms with Crippen LogP contribution in [0.1, 0.15) is 26.0 Å². The lowest BCUT2D eigenvalue weighted by atomic mass is 10.3. The van der Waals surface area contributed by atoms with Crippen LogP contribution in [0.5, 0.6) is 0 Å². The summed E-state index contributed by atoms with van der Waals surface area (Å²) in [5.41, 5.74) is 1.02. The molecule has 0 aliphatic rings. The highest BCUT2D eigenvalue weighted by Crippen LogP contribution is 2.03. The second-order valence-corrected chi connectivity index (χ2v) is 5.85. The van der Waals surface area contributed by atoms with E-state index in [2.05, 4.69) is 47.7 Å². The fourth-order valence-corrected chi connectivity index (χ4v) is 2.51. The average Bonchev–Trinajstić information content (AvgIpc) is 2.84. The number of nitrogens with zero attached hydrogens (tertiary/aromatic N) is 4. The molecule has 0 aromatic carbocycles. The number of thioether (sulfide) groups is 1. The van der Waals surface area contributed by atoms with E-state index in [1.807, 2.05) is 22.6 Å². The van der Waals surface area contributed by atoms with Crippen molar-refractivity contribution in [3.63, 3.8) is 0 Å². The van der Waals surface area contributed by atoms with E-state index in [1.54, 1.807) is 0 Å². The molecule has 0 radical (unpaired) electrons. The average molecular weight is 285 g/mol. The van der Waals surface area contributed by atoms with E-state index < -0.39 is 0 Å². The molecule has 1 N–H and O–H groups in total. The Bertz CT molecular complexity index is 342. The lowest BCUT2D eigenvalue weighted by Crippen LogP contribution is -2.33. The highest BCUT2D eigenvalue weighted by molar-refractivity contribution is 7.98. The molecule has 1 rings (SSSR count). The molecule has 0 saturated carbocycles. The first-order valence-corrected chi connectivity index (χ1v) is 8.35. The molecular weight excluding hydrogens is 258 g/mol. The van der Waals surface area contributed by atoms with Gasteiger partial charge in [-0.05, 0) is 33.2 Å². The Morgan fingerprint density at radius 1 is 1.53 bits per heavy atom. The quantitative estimate of drug-likeness (QED) is 0.660. The molecule has 0 saturated heterocycles. The Labute approximate surface area is 121 Å². The molecule has 1 aromatic heterocycles. The van der Waals surface area contributed by atoms with Gasteiger partial charge < -0.3 is 10.2 Å². The summed E-state index contributed by atoms with van der Waals surface area (Å²) in [6.45, 7) is 8.17. The van der Waals surface area contributed by atoms with Crippen LogP contribution >= 0.6 is 11.8 Å². The molecule has 1 unspecified atom stereocenters. The standard InChI is InChI=1S/C13H27N5S/c1-5-6-14-9-13-10-18(16-15-13)8-7-17(3)12(2)11-19-4/h10,12,14H,5-9,11H2,1-4H3. The van der Waals surface area contributed by atoms with E-state index in [0.717, 1.165) is 38.3 Å². The van der Waals surface area contributed by atoms with Gasteiger partial charge in [0.05, 0.1) is 12.2 Å². The Hall–Kier alpha value is -0.590. The minimum Gasteiger partial charge on any atom is -0.311 e. The van der Waals surface area contributed by atoms with Gasteiger partial charge >= 0.3 is 0 Å². The number of aromatic nitrogens is 3. The fourth-order valence-electron chi connectivity index (χ4n) is 1.77. The van der Waals surface area contributed by atoms with Crippen LogP contribution in [0.4, 0.5) is 0 Å². The molecule has 0 amide bonds. The molecule has 1 heterocycles. The monoisotopic (exact) mass is 285 g/mol. The minimum absolute atomic E-state index is 0.601. The third-order valence-corrected chi connectivity index (χ3v) is 3.98. The zero-order chi connectivity index (χ0) is 14.1. The van der Waals surface area contributed by atoms with Crippen molar-refractivity contribution in [3.05, 3.63) is 11.9 Å². The zero-order valence-electron chi connectivity index (χ0n) is 12.6. The van der Waals surface area contributed by atoms with Crippen LogP contribution in [0.15, 0.2) is 6.20 Å². The normalized spacial score (nSPS) is 13.1. The molecular formula is C13H27N5S. The van der Waals surface area contributed by atoms with E-state index >= 15 is 0 Å². The maximum atomic E-state index is 4.17. The fraction of sp³-hybridized carbons (Fsp3) is 0.846. The second-order valence-electron chi connectivity index (χ2n) is 4.93. The van der Waals surface area contributed by atoms with Gasteiger partial charge in [-0.1, -0.05) is 12.1 Å². The lowest BCUT2D eigenvalue weighted by molar-refractivity contribution is 0.261. The molecule has 6 heteroatoms. The summed E-state index contributed by atoms with van der Waals surface area (Å²) in [6.07, 6.45) is 5.33. The first-order chi connectivity index (χ1) is 9.17. The molecule has 1 atom stereocenters. The van der Waals surface area contributed by atoms with Crippen molar-refractivity contribution in [2.45, 2.75) is 39.4 Å². The van der Waals surface area contributed by atoms with Crippen LogP contribution in [0.2, 0.25) is 0 Å². The summed E-state index contributed by atoms with van der Waals surface area (Å²) in [5.74, 6) is 1.17. The molecule has 0 aliphatic carbocycles. The molecule has 19 heavy (non-hydrogen) atoms. The van der Waals surface area contributed by atoms with Crippen molar-refractivity contribution >= 4 is 11.8 Å². The zero-order valence-corrected chi connectivity index (χ0v) is 13.4. The van der Waals surface area contributed by atoms with Gasteiger partial charge in [-0.15, -0.1) is 5.10 Å². The van der Waals surface area contributed by atoms with Crippen LogP contribution < -0.4 is 5.32 Å². The number of hydrogen-bond acceptors (Lipinski definition) is 5. The number of nitrogens with one attached hydrogen (secondary N) is 1. The molecule has 0 bridgehead atoms. The molecule has 5 nitrogen and oxygen atoms in total. The Morgan fingerprint density at radius 3 is 3.00 bits per heavy atom. The van der Waals surface area contributed by atoms with E-state index in [0.29, 0.717) is 6.04 Å². The highest BCUT2D eigenvalue weighted by atomic mass is 32.2. The van der Waals surface area contributed by atoms with Crippen molar-refractivity contribution in [1.29, 1.82) is 0 Å². The topological polar surface area (TPSA) is 46.0 Å². The largest absolute Gasteiger partial charge is 0.311 e. The predicted octanol–water partition coefficient (Wildman–Crippen LogP) is 1.46. The summed E-state index contributed by atoms with van der Waals surface area (Å²) in [6, 6.07) is 0.601. The molecule has 0 spiro atoms. The van der Waals surface area contributed by atoms with E-state index in [1.165, 1.54) is 5.75 Å². The van der Waals surface area contributed by atoms with Gasteiger partial charge in [0, 0.05) is 31.1 Å². The molecule has 110 valence electrons. The number of likely N-dealkylation sites (N-methyl/N-ethyl adjacent to an activating group) is 1. The first kappa shape index (κ1) is 16.5. The summed E-state index contributed by atoms with van der Waals surface area (Å²) < 4.78 is 1.94. The Morgan fingerprint density at radius 2 is 2.32 bits per heavy atom. The first-order valence-electron chi connectivity index (χ1n) is 6.96. The van der Waals surface area contributed by atoms with Crippen LogP contribution in [-0.2, 0) is 13.1 Å². The van der Waals surface area contributed by atoms with Gasteiger partial charge in [0.1, 0.15) is 0 Å². The van der Waals surface area contributed by atoms with Gasteiger partial charge in [-0.2, -0.15) is 11.8 Å². The summed E-state index contributed by atoms with van der Waals surface area (Å²) in [7, 11) is 2.17. The van der Waals surface area contributed by atoms with Crippen molar-refractivity contribution in [2.24, 2.45) is 0 Å². The lowest BCUT2D eigenvalue weighted by Gasteiger charge is -2.23. The molecule has 1 aromatic rings. The van der Waals surface area contributed by atoms with Gasteiger partial charge in [-0.25, -0.2) is 0 Å². The van der Waals surface area contributed by atoms with Crippen molar-refractivity contribution in [2.75, 3.05) is 32.1 Å². The van der Waals surface area contributed by atoms with Gasteiger partial charge in [-0.3, -0.25) is 4.68 Å². The van der Waals surface area contributed by atoms with E-state index in [-0.39, 0.29) is 0 Å². The van der Waals surface area contributed by atoms with Gasteiger partial charge in [0.2, 0.25) is 0 Å². The highest BCUT2D eigenvalue weighted by Gasteiger charge is 2.08. The SMILES string of the molecule is CCCNCc1cn(CCN(C)C(C)CSC)nn1. The van der Waals surface area contributed by atoms with Gasteiger partial charge in [0.25, 0.3) is 0 Å². The third-order valence-electron chi connectivity index (χ3n) is 3.16. The molecule has 0 fully saturated rings. The van der Waals surface area contributed by atoms with Crippen LogP contribution in [0.25, 0.3) is 0 Å². The van der Waals surface area contributed by atoms with Crippen LogP contribution in [-0.4, -0.2) is 58.1 Å². The summed E-state index contributed by atoms with van der Waals surface area (Å²) in [5, 5.41) is 11.7. The summed E-state index contributed by atoms with van der Waals surface area (Å²) in [4.78, 5) is 2.37. The molecule has 0 aliphatic heterocycles. The van der Waals surface area contributed by atoms with E-state index in [4.69, 9.17) is 0 Å². The maximum absolute atomic E-state index is 4.17. The predicted molar refractivity (Wildman–Crippen MR) is 82.5 cm³/mol. The smallest absolute Gasteiger partial charge is 0.0964 e. The number of hydrogen-bond donors (Lipinski definition) is 1. The van der Waals surface area contributed by atoms with Gasteiger partial charge in [0.15, 0.2) is 0 Å². The van der Waals surface area contributed by atoms with Crippen LogP contribution in [0.3, 0.4) is 0 Å². The van der Waals surface area contributed by atoms with Crippen molar-refractivity contribution in [3.8, 4) is 0 Å². The Balaban J connectivity index is 2.29. The van der Waals surface area contributed by atoms with Crippen LogP contribution in [0, 0.1) is 0 Å². The maximum Gasteiger partial charge on any atom is 0.0964 e. The third kappa shape index (κ3) is 6.40. The van der Waals surface area contributed by atoms with E-state index in [9.17, 15) is 0 Å². The van der Waals surface area contributed by atoms with Crippen molar-refractivity contribution < 1.29 is 0 Å². The summed E-state index contributed by atoms with van der Waals surface area (Å²) >= 11 is 1.89. The van der Waals surface area contributed by atoms with Crippen molar-refractivity contribution in [1.82, 2.24) is 25.2 Å².